The number of ether oxygens (including phenoxy) is 1. The lowest BCUT2D eigenvalue weighted by atomic mass is 10.0. The summed E-state index contributed by atoms with van der Waals surface area (Å²) in [4.78, 5) is 18.4. The highest BCUT2D eigenvalue weighted by atomic mass is 16.5. The number of methoxy groups -OCH3 is 1. The maximum absolute atomic E-state index is 11.4. The Morgan fingerprint density at radius 3 is 2.79 bits per heavy atom. The Morgan fingerprint density at radius 1 is 1.47 bits per heavy atom. The summed E-state index contributed by atoms with van der Waals surface area (Å²) in [5.74, 6) is 0.898. The molecule has 0 amide bonds. The molecule has 0 saturated heterocycles. The zero-order valence-corrected chi connectivity index (χ0v) is 11.0. The van der Waals surface area contributed by atoms with Gasteiger partial charge < -0.3 is 14.2 Å². The highest BCUT2D eigenvalue weighted by Crippen LogP contribution is 2.40. The topological polar surface area (TPSA) is 85.9 Å². The summed E-state index contributed by atoms with van der Waals surface area (Å²) < 4.78 is 12.3. The molecule has 0 aromatic carbocycles. The van der Waals surface area contributed by atoms with Crippen molar-refractivity contribution in [3.05, 3.63) is 22.5 Å². The van der Waals surface area contributed by atoms with E-state index in [4.69, 9.17) is 9.26 Å². The summed E-state index contributed by atoms with van der Waals surface area (Å²) in [5, 5.41) is 4.03. The van der Waals surface area contributed by atoms with Crippen LogP contribution in [0.1, 0.15) is 31.5 Å². The van der Waals surface area contributed by atoms with Crippen LogP contribution in [0.25, 0.3) is 11.6 Å². The van der Waals surface area contributed by atoms with Crippen molar-refractivity contribution in [2.75, 3.05) is 7.11 Å². The third-order valence-electron chi connectivity index (χ3n) is 3.85. The van der Waals surface area contributed by atoms with Crippen LogP contribution in [-0.2, 0) is 17.4 Å². The van der Waals surface area contributed by atoms with Crippen molar-refractivity contribution in [2.24, 2.45) is 7.05 Å². The van der Waals surface area contributed by atoms with Gasteiger partial charge in [0.2, 0.25) is 5.82 Å². The normalized spacial score (nSPS) is 18.0. The summed E-state index contributed by atoms with van der Waals surface area (Å²) >= 11 is 0. The summed E-state index contributed by atoms with van der Waals surface area (Å²) in [6.07, 6.45) is 5.55. The molecule has 1 fully saturated rings. The van der Waals surface area contributed by atoms with Gasteiger partial charge in [-0.1, -0.05) is 5.16 Å². The molecule has 1 saturated carbocycles. The first kappa shape index (κ1) is 12.2. The molecule has 0 spiro atoms. The van der Waals surface area contributed by atoms with E-state index < -0.39 is 5.60 Å². The molecule has 0 radical (unpaired) electrons. The van der Waals surface area contributed by atoms with Crippen molar-refractivity contribution in [1.29, 1.82) is 0 Å². The van der Waals surface area contributed by atoms with Gasteiger partial charge in [-0.3, -0.25) is 4.57 Å². The summed E-state index contributed by atoms with van der Waals surface area (Å²) in [6, 6.07) is 0. The lowest BCUT2D eigenvalue weighted by Gasteiger charge is -2.22. The Labute approximate surface area is 109 Å². The van der Waals surface area contributed by atoms with Crippen molar-refractivity contribution >= 4 is 0 Å². The number of aromatic amines is 1. The molecule has 1 aliphatic rings. The first-order valence-corrected chi connectivity index (χ1v) is 6.30. The summed E-state index contributed by atoms with van der Waals surface area (Å²) in [5.41, 5.74) is -0.0678. The average molecular weight is 264 g/mol. The van der Waals surface area contributed by atoms with Gasteiger partial charge in [0.25, 0.3) is 5.89 Å². The van der Waals surface area contributed by atoms with Gasteiger partial charge in [0, 0.05) is 20.4 Å². The van der Waals surface area contributed by atoms with Gasteiger partial charge >= 0.3 is 5.69 Å². The Kier molecular flexibility index (Phi) is 2.78. The minimum Gasteiger partial charge on any atom is -0.370 e. The molecule has 0 atom stereocenters. The molecule has 19 heavy (non-hydrogen) atoms. The van der Waals surface area contributed by atoms with E-state index in [-0.39, 0.29) is 5.69 Å². The van der Waals surface area contributed by atoms with Crippen LogP contribution in [0.3, 0.4) is 0 Å². The zero-order chi connectivity index (χ0) is 13.5. The zero-order valence-electron chi connectivity index (χ0n) is 11.0. The van der Waals surface area contributed by atoms with E-state index in [1.54, 1.807) is 20.4 Å². The van der Waals surface area contributed by atoms with E-state index in [2.05, 4.69) is 15.1 Å². The van der Waals surface area contributed by atoms with E-state index in [1.165, 1.54) is 4.57 Å². The standard InChI is InChI=1S/C12H16N4O3/c1-16-8(7-13-11(16)17)9-14-10(15-19-9)12(18-2)5-3-4-6-12/h7H,3-6H2,1-2H3,(H,13,17). The second kappa shape index (κ2) is 4.34. The molecule has 2 aromatic rings. The Morgan fingerprint density at radius 2 is 2.21 bits per heavy atom. The van der Waals surface area contributed by atoms with Gasteiger partial charge in [-0.25, -0.2) is 4.79 Å². The van der Waals surface area contributed by atoms with Crippen LogP contribution in [0.4, 0.5) is 0 Å². The van der Waals surface area contributed by atoms with Gasteiger partial charge in [-0.15, -0.1) is 0 Å². The van der Waals surface area contributed by atoms with Crippen LogP contribution in [-0.4, -0.2) is 26.8 Å². The van der Waals surface area contributed by atoms with Crippen LogP contribution in [0.2, 0.25) is 0 Å². The third-order valence-corrected chi connectivity index (χ3v) is 3.85. The molecular weight excluding hydrogens is 248 g/mol. The molecule has 3 rings (SSSR count). The minimum atomic E-state index is -0.434. The number of rotatable bonds is 3. The lowest BCUT2D eigenvalue weighted by molar-refractivity contribution is -0.0178. The number of nitrogens with zero attached hydrogens (tertiary/aromatic N) is 3. The molecule has 0 bridgehead atoms. The maximum Gasteiger partial charge on any atom is 0.325 e. The fraction of sp³-hybridized carbons (Fsp3) is 0.583. The molecular formula is C12H16N4O3. The van der Waals surface area contributed by atoms with Crippen molar-refractivity contribution in [3.63, 3.8) is 0 Å². The van der Waals surface area contributed by atoms with E-state index in [1.807, 2.05) is 0 Å². The molecule has 1 aliphatic carbocycles. The van der Waals surface area contributed by atoms with E-state index in [0.717, 1.165) is 25.7 Å². The number of nitrogens with one attached hydrogen (secondary N) is 1. The predicted octanol–water partition coefficient (Wildman–Crippen LogP) is 1.18. The number of hydrogen-bond acceptors (Lipinski definition) is 5. The first-order chi connectivity index (χ1) is 9.16. The van der Waals surface area contributed by atoms with Crippen molar-refractivity contribution < 1.29 is 9.26 Å². The quantitative estimate of drug-likeness (QED) is 0.899. The summed E-state index contributed by atoms with van der Waals surface area (Å²) in [6.45, 7) is 0. The van der Waals surface area contributed by atoms with Crippen LogP contribution in [0.5, 0.6) is 0 Å². The molecule has 0 unspecified atom stereocenters. The monoisotopic (exact) mass is 264 g/mol. The van der Waals surface area contributed by atoms with E-state index in [0.29, 0.717) is 17.4 Å². The second-order valence-corrected chi connectivity index (χ2v) is 4.87. The largest absolute Gasteiger partial charge is 0.370 e. The molecule has 102 valence electrons. The number of aromatic nitrogens is 4. The van der Waals surface area contributed by atoms with Crippen molar-refractivity contribution in [2.45, 2.75) is 31.3 Å². The Bertz CT molecular complexity index is 633. The molecule has 2 heterocycles. The van der Waals surface area contributed by atoms with E-state index in [9.17, 15) is 4.79 Å². The number of imidazole rings is 1. The lowest BCUT2D eigenvalue weighted by Crippen LogP contribution is -2.25. The molecule has 2 aromatic heterocycles. The molecule has 0 aliphatic heterocycles. The van der Waals surface area contributed by atoms with Gasteiger partial charge in [0.05, 0.1) is 0 Å². The first-order valence-electron chi connectivity index (χ1n) is 6.30. The summed E-state index contributed by atoms with van der Waals surface area (Å²) in [7, 11) is 3.33. The fourth-order valence-corrected chi connectivity index (χ4v) is 2.62. The highest BCUT2D eigenvalue weighted by Gasteiger charge is 2.40. The smallest absolute Gasteiger partial charge is 0.325 e. The number of H-pyrrole nitrogens is 1. The molecule has 7 nitrogen and oxygen atoms in total. The van der Waals surface area contributed by atoms with Gasteiger partial charge in [0.15, 0.2) is 0 Å². The Balaban J connectivity index is 2.00. The van der Waals surface area contributed by atoms with Crippen LogP contribution >= 0.6 is 0 Å². The average Bonchev–Trinajstić information content (AvgIpc) is 3.11. The van der Waals surface area contributed by atoms with Gasteiger partial charge in [-0.2, -0.15) is 4.98 Å². The van der Waals surface area contributed by atoms with Gasteiger partial charge in [0.1, 0.15) is 11.3 Å². The Hall–Kier alpha value is -1.89. The van der Waals surface area contributed by atoms with Crippen LogP contribution in [0, 0.1) is 0 Å². The van der Waals surface area contributed by atoms with Crippen molar-refractivity contribution in [3.8, 4) is 11.6 Å². The molecule has 1 N–H and O–H groups in total. The second-order valence-electron chi connectivity index (χ2n) is 4.87. The van der Waals surface area contributed by atoms with Gasteiger partial charge in [-0.05, 0) is 25.7 Å². The SMILES string of the molecule is COC1(c2noc(-c3c[nH]c(=O)n3C)n2)CCCC1. The maximum atomic E-state index is 11.4. The predicted molar refractivity (Wildman–Crippen MR) is 66.5 cm³/mol. The fourth-order valence-electron chi connectivity index (χ4n) is 2.62. The van der Waals surface area contributed by atoms with Crippen LogP contribution in [0.15, 0.2) is 15.5 Å². The highest BCUT2D eigenvalue weighted by molar-refractivity contribution is 5.45. The number of hydrogen-bond donors (Lipinski definition) is 1. The third kappa shape index (κ3) is 1.81. The van der Waals surface area contributed by atoms with Crippen LogP contribution < -0.4 is 5.69 Å². The van der Waals surface area contributed by atoms with E-state index >= 15 is 0 Å². The minimum absolute atomic E-state index is 0.211. The van der Waals surface area contributed by atoms with Crippen molar-refractivity contribution in [1.82, 2.24) is 19.7 Å². The molecule has 7 heteroatoms.